The highest BCUT2D eigenvalue weighted by atomic mass is 16.6. The molecule has 8 nitrogen and oxygen atoms in total. The number of nitro benzene ring substituents is 1. The number of aromatic nitrogens is 1. The molecule has 3 N–H and O–H groups in total. The van der Waals surface area contributed by atoms with Crippen LogP contribution >= 0.6 is 0 Å². The smallest absolute Gasteiger partial charge is 0.270 e. The zero-order valence-electron chi connectivity index (χ0n) is 12.9. The zero-order valence-corrected chi connectivity index (χ0v) is 12.9. The highest BCUT2D eigenvalue weighted by Gasteiger charge is 2.11. The number of hydrogen-bond donors (Lipinski definition) is 2. The SMILES string of the molecule is NC(=Nc1cc(-c2cccc([N+](=O)[O-])c2)nc2ccccc12)NC=O. The van der Waals surface area contributed by atoms with Gasteiger partial charge in [0, 0.05) is 23.1 Å². The van der Waals surface area contributed by atoms with Crippen LogP contribution in [0.4, 0.5) is 11.4 Å². The minimum Gasteiger partial charge on any atom is -0.369 e. The van der Waals surface area contributed by atoms with Gasteiger partial charge in [-0.1, -0.05) is 30.3 Å². The number of hydrogen-bond acceptors (Lipinski definition) is 5. The molecule has 8 heteroatoms. The van der Waals surface area contributed by atoms with Crippen molar-refractivity contribution in [2.24, 2.45) is 10.7 Å². The average molecular weight is 335 g/mol. The van der Waals surface area contributed by atoms with Crippen molar-refractivity contribution in [2.75, 3.05) is 0 Å². The highest BCUT2D eigenvalue weighted by Crippen LogP contribution is 2.31. The molecule has 2 aromatic carbocycles. The van der Waals surface area contributed by atoms with Crippen molar-refractivity contribution in [2.45, 2.75) is 0 Å². The lowest BCUT2D eigenvalue weighted by molar-refractivity contribution is -0.384. The number of rotatable bonds is 4. The molecule has 0 unspecified atom stereocenters. The first kappa shape index (κ1) is 16.1. The Morgan fingerprint density at radius 1 is 1.20 bits per heavy atom. The number of carbonyl (C=O) groups is 1. The zero-order chi connectivity index (χ0) is 17.8. The number of amides is 1. The first-order valence-corrected chi connectivity index (χ1v) is 7.27. The molecule has 0 bridgehead atoms. The molecule has 3 rings (SSSR count). The van der Waals surface area contributed by atoms with E-state index in [1.165, 1.54) is 12.1 Å². The van der Waals surface area contributed by atoms with E-state index in [1.807, 2.05) is 18.2 Å². The fourth-order valence-electron chi connectivity index (χ4n) is 2.40. The first-order valence-electron chi connectivity index (χ1n) is 7.27. The van der Waals surface area contributed by atoms with Crippen LogP contribution in [-0.4, -0.2) is 22.3 Å². The van der Waals surface area contributed by atoms with Crippen molar-refractivity contribution in [3.8, 4) is 11.3 Å². The number of guanidine groups is 1. The third-order valence-corrected chi connectivity index (χ3v) is 3.49. The standard InChI is InChI=1S/C17H13N5O3/c18-17(19-10-23)21-16-9-15(20-14-7-2-1-6-13(14)16)11-4-3-5-12(8-11)22(24)25/h1-10H,(H3,18,19,20,21,23). The van der Waals surface area contributed by atoms with E-state index in [0.717, 1.165) is 5.39 Å². The van der Waals surface area contributed by atoms with Crippen molar-refractivity contribution in [3.05, 3.63) is 64.7 Å². The predicted molar refractivity (Wildman–Crippen MR) is 94.3 cm³/mol. The van der Waals surface area contributed by atoms with E-state index in [4.69, 9.17) is 5.73 Å². The van der Waals surface area contributed by atoms with Crippen LogP contribution < -0.4 is 11.1 Å². The number of nitrogens with two attached hydrogens (primary N) is 1. The second-order valence-electron chi connectivity index (χ2n) is 5.11. The lowest BCUT2D eigenvalue weighted by atomic mass is 10.1. The molecule has 3 aromatic rings. The normalized spacial score (nSPS) is 11.3. The maximum absolute atomic E-state index is 11.0. The van der Waals surface area contributed by atoms with Crippen molar-refractivity contribution in [1.29, 1.82) is 0 Å². The summed E-state index contributed by atoms with van der Waals surface area (Å²) >= 11 is 0. The summed E-state index contributed by atoms with van der Waals surface area (Å²) in [6, 6.07) is 15.1. The quantitative estimate of drug-likeness (QED) is 0.249. The van der Waals surface area contributed by atoms with Crippen LogP contribution in [0.5, 0.6) is 0 Å². The second kappa shape index (κ2) is 6.75. The van der Waals surface area contributed by atoms with E-state index in [-0.39, 0.29) is 11.6 Å². The molecule has 0 radical (unpaired) electrons. The van der Waals surface area contributed by atoms with Gasteiger partial charge in [-0.15, -0.1) is 0 Å². The molecule has 25 heavy (non-hydrogen) atoms. The fraction of sp³-hybridized carbons (Fsp3) is 0. The Hall–Kier alpha value is -3.81. The molecule has 0 saturated carbocycles. The summed E-state index contributed by atoms with van der Waals surface area (Å²) in [6.45, 7) is 0. The molecular weight excluding hydrogens is 322 g/mol. The Bertz CT molecular complexity index is 1000. The number of nitrogens with one attached hydrogen (secondary N) is 1. The fourth-order valence-corrected chi connectivity index (χ4v) is 2.40. The van der Waals surface area contributed by atoms with Gasteiger partial charge >= 0.3 is 0 Å². The summed E-state index contributed by atoms with van der Waals surface area (Å²) < 4.78 is 0. The monoisotopic (exact) mass is 335 g/mol. The van der Waals surface area contributed by atoms with Gasteiger partial charge in [0.25, 0.3) is 5.69 Å². The predicted octanol–water partition coefficient (Wildman–Crippen LogP) is 2.50. The summed E-state index contributed by atoms with van der Waals surface area (Å²) in [5.74, 6) is -0.0589. The largest absolute Gasteiger partial charge is 0.369 e. The van der Waals surface area contributed by atoms with Crippen molar-refractivity contribution >= 4 is 34.6 Å². The van der Waals surface area contributed by atoms with Gasteiger partial charge in [-0.2, -0.15) is 0 Å². The van der Waals surface area contributed by atoms with Gasteiger partial charge in [-0.3, -0.25) is 20.2 Å². The van der Waals surface area contributed by atoms with Crippen LogP contribution in [0, 0.1) is 10.1 Å². The average Bonchev–Trinajstić information content (AvgIpc) is 2.62. The van der Waals surface area contributed by atoms with E-state index in [0.29, 0.717) is 28.9 Å². The Kier molecular flexibility index (Phi) is 4.34. The number of para-hydroxylation sites is 1. The minimum absolute atomic E-state index is 0.0281. The van der Waals surface area contributed by atoms with Crippen LogP contribution in [0.1, 0.15) is 0 Å². The molecular formula is C17H13N5O3. The van der Waals surface area contributed by atoms with Crippen molar-refractivity contribution in [1.82, 2.24) is 10.3 Å². The van der Waals surface area contributed by atoms with Gasteiger partial charge in [0.15, 0.2) is 5.96 Å². The number of benzene rings is 2. The number of nitro groups is 1. The molecule has 0 fully saturated rings. The van der Waals surface area contributed by atoms with Crippen molar-refractivity contribution in [3.63, 3.8) is 0 Å². The minimum atomic E-state index is -0.463. The third-order valence-electron chi connectivity index (χ3n) is 3.49. The summed E-state index contributed by atoms with van der Waals surface area (Å²) in [5, 5.41) is 14.0. The molecule has 1 heterocycles. The van der Waals surface area contributed by atoms with Crippen molar-refractivity contribution < 1.29 is 9.72 Å². The van der Waals surface area contributed by atoms with E-state index in [1.54, 1.807) is 24.3 Å². The molecule has 0 aliphatic rings. The van der Waals surface area contributed by atoms with Gasteiger partial charge in [-0.25, -0.2) is 9.98 Å². The molecule has 0 spiro atoms. The Morgan fingerprint density at radius 3 is 2.76 bits per heavy atom. The number of pyridine rings is 1. The van der Waals surface area contributed by atoms with Crippen LogP contribution in [0.15, 0.2) is 59.6 Å². The number of aliphatic imine (C=N–C) groups is 1. The van der Waals surface area contributed by atoms with Crippen LogP contribution in [-0.2, 0) is 4.79 Å². The van der Waals surface area contributed by atoms with E-state index >= 15 is 0 Å². The van der Waals surface area contributed by atoms with E-state index < -0.39 is 4.92 Å². The lowest BCUT2D eigenvalue weighted by Crippen LogP contribution is -2.29. The second-order valence-corrected chi connectivity index (χ2v) is 5.11. The van der Waals surface area contributed by atoms with Gasteiger partial charge in [0.1, 0.15) is 0 Å². The van der Waals surface area contributed by atoms with Crippen LogP contribution in [0.3, 0.4) is 0 Å². The summed E-state index contributed by atoms with van der Waals surface area (Å²) in [6.07, 6.45) is 0.434. The van der Waals surface area contributed by atoms with Gasteiger partial charge < -0.3 is 5.73 Å². The van der Waals surface area contributed by atoms with E-state index in [2.05, 4.69) is 15.3 Å². The molecule has 0 atom stereocenters. The molecule has 0 saturated heterocycles. The van der Waals surface area contributed by atoms with Crippen LogP contribution in [0.2, 0.25) is 0 Å². The van der Waals surface area contributed by atoms with Gasteiger partial charge in [-0.05, 0) is 12.1 Å². The number of nitrogens with zero attached hydrogens (tertiary/aromatic N) is 3. The van der Waals surface area contributed by atoms with E-state index in [9.17, 15) is 14.9 Å². The topological polar surface area (TPSA) is 124 Å². The number of non-ortho nitro benzene ring substituents is 1. The Balaban J connectivity index is 2.20. The molecule has 124 valence electrons. The molecule has 0 aliphatic heterocycles. The maximum Gasteiger partial charge on any atom is 0.270 e. The van der Waals surface area contributed by atoms with Crippen LogP contribution in [0.25, 0.3) is 22.2 Å². The highest BCUT2D eigenvalue weighted by molar-refractivity contribution is 5.97. The molecule has 1 aromatic heterocycles. The number of carbonyl (C=O) groups excluding carboxylic acids is 1. The maximum atomic E-state index is 11.0. The summed E-state index contributed by atoms with van der Waals surface area (Å²) in [7, 11) is 0. The first-order chi connectivity index (χ1) is 12.1. The number of fused-ring (bicyclic) bond motifs is 1. The molecule has 0 aliphatic carbocycles. The van der Waals surface area contributed by atoms with Gasteiger partial charge in [0.05, 0.1) is 21.8 Å². The lowest BCUT2D eigenvalue weighted by Gasteiger charge is -2.07. The van der Waals surface area contributed by atoms with Gasteiger partial charge in [0.2, 0.25) is 6.41 Å². The summed E-state index contributed by atoms with van der Waals surface area (Å²) in [4.78, 5) is 29.8. The molecule has 1 amide bonds. The Labute approximate surface area is 142 Å². The summed E-state index contributed by atoms with van der Waals surface area (Å²) in [5.41, 5.74) is 7.88. The Morgan fingerprint density at radius 2 is 2.00 bits per heavy atom. The third kappa shape index (κ3) is 3.42.